The molecule has 0 aromatic heterocycles. The maximum atomic E-state index is 12.4. The normalized spacial score (nSPS) is 32.1. The van der Waals surface area contributed by atoms with Crippen LogP contribution >= 0.6 is 30.9 Å². The van der Waals surface area contributed by atoms with Crippen molar-refractivity contribution in [2.24, 2.45) is 0 Å². The molecule has 0 aromatic carbocycles. The third-order valence-electron chi connectivity index (χ3n) is 2.26. The fourth-order valence-electron chi connectivity index (χ4n) is 1.47. The van der Waals surface area contributed by atoms with E-state index >= 15 is 0 Å². The SMILES string of the molecule is C[C@@H]1CCO[P@](=O)(N(CCCl)CCCl)N1. The highest BCUT2D eigenvalue weighted by atomic mass is 35.5. The molecule has 15 heavy (non-hydrogen) atoms. The van der Waals surface area contributed by atoms with Crippen LogP contribution in [0.2, 0.25) is 0 Å². The molecular formula is C8H17Cl2N2O2P. The van der Waals surface area contributed by atoms with Crippen LogP contribution in [0.15, 0.2) is 0 Å². The third-order valence-corrected chi connectivity index (χ3v) is 5.04. The maximum absolute atomic E-state index is 12.4. The first-order valence-electron chi connectivity index (χ1n) is 5.02. The molecule has 0 aromatic rings. The molecule has 0 spiro atoms. The monoisotopic (exact) mass is 274 g/mol. The van der Waals surface area contributed by atoms with Crippen LogP contribution in [0.4, 0.5) is 0 Å². The van der Waals surface area contributed by atoms with Crippen molar-refractivity contribution < 1.29 is 9.09 Å². The van der Waals surface area contributed by atoms with Crippen LogP contribution in [-0.2, 0) is 9.09 Å². The zero-order valence-corrected chi connectivity index (χ0v) is 11.2. The fourth-order valence-corrected chi connectivity index (χ4v) is 4.28. The Balaban J connectivity index is 2.66. The number of hydrogen-bond donors (Lipinski definition) is 1. The van der Waals surface area contributed by atoms with Crippen molar-refractivity contribution in [2.75, 3.05) is 31.5 Å². The Labute approximate surface area is 101 Å². The number of hydrogen-bond acceptors (Lipinski definition) is 2. The lowest BCUT2D eigenvalue weighted by atomic mass is 10.3. The van der Waals surface area contributed by atoms with Gasteiger partial charge in [-0.25, -0.2) is 9.76 Å². The molecule has 0 radical (unpaired) electrons. The Bertz CT molecular complexity index is 237. The van der Waals surface area contributed by atoms with Crippen molar-refractivity contribution in [1.82, 2.24) is 9.76 Å². The van der Waals surface area contributed by atoms with E-state index in [0.717, 1.165) is 6.42 Å². The second kappa shape index (κ2) is 6.43. The van der Waals surface area contributed by atoms with Gasteiger partial charge in [-0.05, 0) is 13.3 Å². The zero-order valence-electron chi connectivity index (χ0n) is 8.79. The Hall–Kier alpha value is 0.690. The highest BCUT2D eigenvalue weighted by Gasteiger charge is 2.35. The van der Waals surface area contributed by atoms with Gasteiger partial charge >= 0.3 is 7.67 Å². The molecule has 90 valence electrons. The average Bonchev–Trinajstić information content (AvgIpc) is 2.17. The van der Waals surface area contributed by atoms with Crippen LogP contribution in [0.25, 0.3) is 0 Å². The molecule has 4 nitrogen and oxygen atoms in total. The van der Waals surface area contributed by atoms with Crippen LogP contribution in [0, 0.1) is 0 Å². The summed E-state index contributed by atoms with van der Waals surface area (Å²) in [7, 11) is -2.90. The van der Waals surface area contributed by atoms with Gasteiger partial charge in [0.05, 0.1) is 6.61 Å². The minimum atomic E-state index is -2.90. The summed E-state index contributed by atoms with van der Waals surface area (Å²) in [6.07, 6.45) is 0.875. The van der Waals surface area contributed by atoms with Gasteiger partial charge in [0.25, 0.3) is 0 Å². The van der Waals surface area contributed by atoms with Gasteiger partial charge in [0.15, 0.2) is 0 Å². The molecule has 1 rings (SSSR count). The van der Waals surface area contributed by atoms with E-state index in [0.29, 0.717) is 31.5 Å². The second-order valence-corrected chi connectivity index (χ2v) is 6.38. The Kier molecular flexibility index (Phi) is 5.90. The van der Waals surface area contributed by atoms with Crippen molar-refractivity contribution in [2.45, 2.75) is 19.4 Å². The molecule has 1 heterocycles. The molecule has 1 fully saturated rings. The lowest BCUT2D eigenvalue weighted by molar-refractivity contribution is 0.215. The highest BCUT2D eigenvalue weighted by molar-refractivity contribution is 7.54. The van der Waals surface area contributed by atoms with Gasteiger partial charge in [-0.2, -0.15) is 0 Å². The standard InChI is InChI=1S/C8H17Cl2N2O2P/c1-8-2-7-14-15(13,11-8)12(5-3-9)6-4-10/h8H,2-7H2,1H3,(H,11,13)/t8-,15+/m1/s1. The minimum Gasteiger partial charge on any atom is -0.306 e. The summed E-state index contributed by atoms with van der Waals surface area (Å²) < 4.78 is 19.5. The molecule has 1 aliphatic rings. The van der Waals surface area contributed by atoms with Crippen molar-refractivity contribution in [1.29, 1.82) is 0 Å². The van der Waals surface area contributed by atoms with E-state index in [9.17, 15) is 4.57 Å². The van der Waals surface area contributed by atoms with Gasteiger partial charge in [-0.1, -0.05) is 0 Å². The summed E-state index contributed by atoms with van der Waals surface area (Å²) in [4.78, 5) is 0. The molecule has 0 unspecified atom stereocenters. The van der Waals surface area contributed by atoms with Gasteiger partial charge in [-0.15, -0.1) is 23.2 Å². The first-order chi connectivity index (χ1) is 7.12. The van der Waals surface area contributed by atoms with Crippen molar-refractivity contribution in [3.63, 3.8) is 0 Å². The number of nitrogens with one attached hydrogen (secondary N) is 1. The van der Waals surface area contributed by atoms with E-state index in [1.807, 2.05) is 6.92 Å². The smallest absolute Gasteiger partial charge is 0.306 e. The molecule has 0 amide bonds. The highest BCUT2D eigenvalue weighted by Crippen LogP contribution is 2.49. The summed E-state index contributed by atoms with van der Waals surface area (Å²) in [6, 6.07) is 0.206. The second-order valence-electron chi connectivity index (χ2n) is 3.50. The molecular weight excluding hydrogens is 258 g/mol. The van der Waals surface area contributed by atoms with E-state index < -0.39 is 7.67 Å². The summed E-state index contributed by atoms with van der Waals surface area (Å²) in [5, 5.41) is 3.00. The Morgan fingerprint density at radius 2 is 2.07 bits per heavy atom. The van der Waals surface area contributed by atoms with Crippen LogP contribution in [0.3, 0.4) is 0 Å². The lowest BCUT2D eigenvalue weighted by Crippen LogP contribution is -2.40. The number of alkyl halides is 2. The maximum Gasteiger partial charge on any atom is 0.343 e. The quantitative estimate of drug-likeness (QED) is 0.617. The number of rotatable bonds is 5. The molecule has 1 saturated heterocycles. The molecule has 7 heteroatoms. The fraction of sp³-hybridized carbons (Fsp3) is 1.00. The zero-order chi connectivity index (χ0) is 11.3. The topological polar surface area (TPSA) is 41.6 Å². The molecule has 2 atom stereocenters. The molecule has 0 aliphatic carbocycles. The third kappa shape index (κ3) is 3.88. The summed E-state index contributed by atoms with van der Waals surface area (Å²) in [6.45, 7) is 3.55. The van der Waals surface area contributed by atoms with Gasteiger partial charge < -0.3 is 4.52 Å². The van der Waals surface area contributed by atoms with Crippen LogP contribution < -0.4 is 5.09 Å². The molecule has 1 aliphatic heterocycles. The first kappa shape index (κ1) is 13.8. The van der Waals surface area contributed by atoms with Crippen LogP contribution in [0.1, 0.15) is 13.3 Å². The molecule has 0 saturated carbocycles. The average molecular weight is 275 g/mol. The number of nitrogens with zero attached hydrogens (tertiary/aromatic N) is 1. The van der Waals surface area contributed by atoms with Crippen molar-refractivity contribution in [3.8, 4) is 0 Å². The molecule has 1 N–H and O–H groups in total. The van der Waals surface area contributed by atoms with E-state index in [4.69, 9.17) is 27.7 Å². The van der Waals surface area contributed by atoms with E-state index in [1.54, 1.807) is 4.67 Å². The van der Waals surface area contributed by atoms with Crippen LogP contribution in [0.5, 0.6) is 0 Å². The van der Waals surface area contributed by atoms with E-state index in [2.05, 4.69) is 5.09 Å². The number of halogens is 2. The first-order valence-corrected chi connectivity index (χ1v) is 7.67. The summed E-state index contributed by atoms with van der Waals surface area (Å²) in [5.74, 6) is 0.834. The van der Waals surface area contributed by atoms with Crippen molar-refractivity contribution >= 4 is 30.9 Å². The van der Waals surface area contributed by atoms with Crippen molar-refractivity contribution in [3.05, 3.63) is 0 Å². The lowest BCUT2D eigenvalue weighted by Gasteiger charge is -2.35. The predicted octanol–water partition coefficient (Wildman–Crippen LogP) is 2.27. The molecule has 0 bridgehead atoms. The Morgan fingerprint density at radius 1 is 1.47 bits per heavy atom. The van der Waals surface area contributed by atoms with Crippen LogP contribution in [-0.4, -0.2) is 42.2 Å². The van der Waals surface area contributed by atoms with Gasteiger partial charge in [0.1, 0.15) is 0 Å². The van der Waals surface area contributed by atoms with E-state index in [-0.39, 0.29) is 6.04 Å². The van der Waals surface area contributed by atoms with Gasteiger partial charge in [0.2, 0.25) is 0 Å². The predicted molar refractivity (Wildman–Crippen MR) is 63.8 cm³/mol. The van der Waals surface area contributed by atoms with E-state index in [1.165, 1.54) is 0 Å². The minimum absolute atomic E-state index is 0.206. The summed E-state index contributed by atoms with van der Waals surface area (Å²) in [5.41, 5.74) is 0. The summed E-state index contributed by atoms with van der Waals surface area (Å²) >= 11 is 11.3. The van der Waals surface area contributed by atoms with Gasteiger partial charge in [0, 0.05) is 30.9 Å². The largest absolute Gasteiger partial charge is 0.343 e. The Morgan fingerprint density at radius 3 is 2.53 bits per heavy atom. The van der Waals surface area contributed by atoms with Gasteiger partial charge in [-0.3, -0.25) is 4.57 Å².